The quantitative estimate of drug-likeness (QED) is 0.711. The van der Waals surface area contributed by atoms with Gasteiger partial charge < -0.3 is 5.32 Å². The summed E-state index contributed by atoms with van der Waals surface area (Å²) in [5, 5.41) is 3.67. The molecule has 1 N–H and O–H groups in total. The predicted molar refractivity (Wildman–Crippen MR) is 81.0 cm³/mol. The molecule has 1 fully saturated rings. The van der Waals surface area contributed by atoms with Crippen LogP contribution in [0, 0.1) is 5.41 Å². The molecule has 1 unspecified atom stereocenters. The second kappa shape index (κ2) is 7.49. The van der Waals surface area contributed by atoms with Crippen molar-refractivity contribution in [2.75, 3.05) is 19.6 Å². The number of nitrogens with one attached hydrogen (secondary N) is 1. The maximum absolute atomic E-state index is 3.67. The highest BCUT2D eigenvalue weighted by Gasteiger charge is 2.33. The zero-order valence-electron chi connectivity index (χ0n) is 13.3. The molecule has 0 aromatic rings. The van der Waals surface area contributed by atoms with Crippen LogP contribution in [0.1, 0.15) is 66.7 Å². The fourth-order valence-electron chi connectivity index (χ4n) is 3.20. The molecule has 1 rings (SSSR count). The third-order valence-electron chi connectivity index (χ3n) is 4.89. The third kappa shape index (κ3) is 4.24. The molecule has 0 aromatic heterocycles. The lowest BCUT2D eigenvalue weighted by molar-refractivity contribution is 0.121. The lowest BCUT2D eigenvalue weighted by Gasteiger charge is -2.38. The van der Waals surface area contributed by atoms with Gasteiger partial charge in [0.25, 0.3) is 0 Å². The Morgan fingerprint density at radius 3 is 2.39 bits per heavy atom. The maximum atomic E-state index is 3.67. The van der Waals surface area contributed by atoms with Crippen molar-refractivity contribution in [2.45, 2.75) is 78.8 Å². The fourth-order valence-corrected chi connectivity index (χ4v) is 3.20. The van der Waals surface area contributed by atoms with Crippen LogP contribution < -0.4 is 5.32 Å². The van der Waals surface area contributed by atoms with Crippen molar-refractivity contribution >= 4 is 0 Å². The molecule has 108 valence electrons. The van der Waals surface area contributed by atoms with Gasteiger partial charge in [-0.3, -0.25) is 4.90 Å². The van der Waals surface area contributed by atoms with Gasteiger partial charge in [-0.15, -0.1) is 0 Å². The van der Waals surface area contributed by atoms with Crippen LogP contribution in [0.25, 0.3) is 0 Å². The minimum absolute atomic E-state index is 0.474. The average Bonchev–Trinajstić information content (AvgIpc) is 2.81. The van der Waals surface area contributed by atoms with Gasteiger partial charge in [-0.05, 0) is 44.1 Å². The lowest BCUT2D eigenvalue weighted by Crippen LogP contribution is -2.46. The number of likely N-dealkylation sites (tertiary alicyclic amines) is 1. The Balaban J connectivity index is 2.60. The van der Waals surface area contributed by atoms with E-state index in [9.17, 15) is 0 Å². The van der Waals surface area contributed by atoms with E-state index in [1.54, 1.807) is 0 Å². The van der Waals surface area contributed by atoms with E-state index in [4.69, 9.17) is 0 Å². The molecule has 0 radical (unpaired) electrons. The molecular formula is C16H34N2. The Morgan fingerprint density at radius 1 is 1.22 bits per heavy atom. The standard InChI is InChI=1S/C16H34N2/c1-6-15-10-9-11-18(15)13-16(7-2,8-3)12-17-14(4)5/h14-15,17H,6-13H2,1-5H3. The minimum atomic E-state index is 0.474. The first-order valence-electron chi connectivity index (χ1n) is 8.04. The molecule has 1 atom stereocenters. The Labute approximate surface area is 115 Å². The van der Waals surface area contributed by atoms with E-state index in [2.05, 4.69) is 44.8 Å². The molecule has 0 saturated carbocycles. The zero-order valence-corrected chi connectivity index (χ0v) is 13.3. The molecule has 18 heavy (non-hydrogen) atoms. The van der Waals surface area contributed by atoms with E-state index in [1.165, 1.54) is 51.7 Å². The molecule has 0 amide bonds. The summed E-state index contributed by atoms with van der Waals surface area (Å²) in [5.41, 5.74) is 0.474. The van der Waals surface area contributed by atoms with Gasteiger partial charge in [-0.1, -0.05) is 34.6 Å². The van der Waals surface area contributed by atoms with Crippen molar-refractivity contribution in [1.29, 1.82) is 0 Å². The maximum Gasteiger partial charge on any atom is 0.00933 e. The second-order valence-corrected chi connectivity index (χ2v) is 6.42. The van der Waals surface area contributed by atoms with E-state index < -0.39 is 0 Å². The van der Waals surface area contributed by atoms with Crippen molar-refractivity contribution in [1.82, 2.24) is 10.2 Å². The first-order chi connectivity index (χ1) is 8.56. The summed E-state index contributed by atoms with van der Waals surface area (Å²) in [6, 6.07) is 1.45. The van der Waals surface area contributed by atoms with Crippen molar-refractivity contribution < 1.29 is 0 Å². The third-order valence-corrected chi connectivity index (χ3v) is 4.89. The van der Waals surface area contributed by atoms with Crippen molar-refractivity contribution in [3.8, 4) is 0 Å². The molecule has 0 aliphatic carbocycles. The molecule has 1 aliphatic heterocycles. The smallest absolute Gasteiger partial charge is 0.00933 e. The number of hydrogen-bond donors (Lipinski definition) is 1. The van der Waals surface area contributed by atoms with E-state index >= 15 is 0 Å². The van der Waals surface area contributed by atoms with E-state index in [0.29, 0.717) is 11.5 Å². The van der Waals surface area contributed by atoms with Gasteiger partial charge in [-0.25, -0.2) is 0 Å². The van der Waals surface area contributed by atoms with Gasteiger partial charge in [0, 0.05) is 25.2 Å². The molecule has 1 heterocycles. The monoisotopic (exact) mass is 254 g/mol. The van der Waals surface area contributed by atoms with E-state index in [1.807, 2.05) is 0 Å². The van der Waals surface area contributed by atoms with Crippen LogP contribution in [0.3, 0.4) is 0 Å². The molecule has 2 nitrogen and oxygen atoms in total. The number of hydrogen-bond acceptors (Lipinski definition) is 2. The average molecular weight is 254 g/mol. The number of nitrogens with zero attached hydrogens (tertiary/aromatic N) is 1. The molecule has 1 saturated heterocycles. The summed E-state index contributed by atoms with van der Waals surface area (Å²) in [5.74, 6) is 0. The van der Waals surface area contributed by atoms with Crippen LogP contribution in [-0.2, 0) is 0 Å². The van der Waals surface area contributed by atoms with Crippen LogP contribution in [0.4, 0.5) is 0 Å². The zero-order chi connectivity index (χ0) is 13.6. The predicted octanol–water partition coefficient (Wildman–Crippen LogP) is 3.67. The molecular weight excluding hydrogens is 220 g/mol. The molecule has 0 aromatic carbocycles. The van der Waals surface area contributed by atoms with Crippen LogP contribution in [0.15, 0.2) is 0 Å². The van der Waals surface area contributed by atoms with E-state index in [-0.39, 0.29) is 0 Å². The molecule has 0 spiro atoms. The minimum Gasteiger partial charge on any atom is -0.314 e. The normalized spacial score (nSPS) is 22.0. The second-order valence-electron chi connectivity index (χ2n) is 6.42. The Hall–Kier alpha value is -0.0800. The van der Waals surface area contributed by atoms with Crippen LogP contribution >= 0.6 is 0 Å². The molecule has 0 bridgehead atoms. The van der Waals surface area contributed by atoms with Gasteiger partial charge in [0.2, 0.25) is 0 Å². The van der Waals surface area contributed by atoms with Crippen LogP contribution in [0.2, 0.25) is 0 Å². The topological polar surface area (TPSA) is 15.3 Å². The van der Waals surface area contributed by atoms with E-state index in [0.717, 1.165) is 6.04 Å². The highest BCUT2D eigenvalue weighted by molar-refractivity contribution is 4.88. The van der Waals surface area contributed by atoms with Crippen molar-refractivity contribution in [3.05, 3.63) is 0 Å². The summed E-state index contributed by atoms with van der Waals surface area (Å²) < 4.78 is 0. The summed E-state index contributed by atoms with van der Waals surface area (Å²) in [7, 11) is 0. The Morgan fingerprint density at radius 2 is 1.89 bits per heavy atom. The summed E-state index contributed by atoms with van der Waals surface area (Å²) in [6.45, 7) is 15.4. The van der Waals surface area contributed by atoms with Crippen molar-refractivity contribution in [3.63, 3.8) is 0 Å². The SMILES string of the molecule is CCC1CCCN1CC(CC)(CC)CNC(C)C. The Kier molecular flexibility index (Phi) is 6.65. The summed E-state index contributed by atoms with van der Waals surface area (Å²) in [4.78, 5) is 2.76. The highest BCUT2D eigenvalue weighted by Crippen LogP contribution is 2.31. The van der Waals surface area contributed by atoms with Crippen LogP contribution in [0.5, 0.6) is 0 Å². The highest BCUT2D eigenvalue weighted by atomic mass is 15.2. The van der Waals surface area contributed by atoms with Gasteiger partial charge in [0.15, 0.2) is 0 Å². The fraction of sp³-hybridized carbons (Fsp3) is 1.00. The lowest BCUT2D eigenvalue weighted by atomic mass is 9.81. The van der Waals surface area contributed by atoms with Gasteiger partial charge in [-0.2, -0.15) is 0 Å². The van der Waals surface area contributed by atoms with Crippen LogP contribution in [-0.4, -0.2) is 36.6 Å². The summed E-state index contributed by atoms with van der Waals surface area (Å²) >= 11 is 0. The Bertz CT molecular complexity index is 221. The molecule has 2 heteroatoms. The number of rotatable bonds is 8. The molecule has 1 aliphatic rings. The largest absolute Gasteiger partial charge is 0.314 e. The van der Waals surface area contributed by atoms with Gasteiger partial charge in [0.1, 0.15) is 0 Å². The van der Waals surface area contributed by atoms with Gasteiger partial charge in [0.05, 0.1) is 0 Å². The van der Waals surface area contributed by atoms with Gasteiger partial charge >= 0.3 is 0 Å². The summed E-state index contributed by atoms with van der Waals surface area (Å²) in [6.07, 6.45) is 6.71. The van der Waals surface area contributed by atoms with Crippen molar-refractivity contribution in [2.24, 2.45) is 5.41 Å². The first-order valence-corrected chi connectivity index (χ1v) is 8.04. The first kappa shape index (κ1) is 16.0.